The molecule has 0 aromatic rings. The maximum atomic E-state index is 6.02. The molecule has 1 unspecified atom stereocenters. The van der Waals surface area contributed by atoms with Crippen LogP contribution in [0.25, 0.3) is 0 Å². The van der Waals surface area contributed by atoms with Gasteiger partial charge in [-0.3, -0.25) is 9.80 Å². The van der Waals surface area contributed by atoms with E-state index in [1.165, 1.54) is 84.0 Å². The van der Waals surface area contributed by atoms with Gasteiger partial charge < -0.3 is 5.73 Å². The Bertz CT molecular complexity index is 265. The molecule has 1 saturated carbocycles. The zero-order chi connectivity index (χ0) is 13.1. The maximum absolute atomic E-state index is 6.02. The number of nitrogens with two attached hydrogens (primary N) is 1. The summed E-state index contributed by atoms with van der Waals surface area (Å²) in [4.78, 5) is 5.53. The van der Waals surface area contributed by atoms with Gasteiger partial charge in [-0.15, -0.1) is 0 Å². The average Bonchev–Trinajstić information content (AvgIpc) is 2.76. The summed E-state index contributed by atoms with van der Waals surface area (Å²) in [7, 11) is 0. The molecule has 3 rings (SSSR count). The van der Waals surface area contributed by atoms with Crippen molar-refractivity contribution in [3.63, 3.8) is 0 Å². The van der Waals surface area contributed by atoms with Crippen LogP contribution in [-0.4, -0.2) is 54.1 Å². The fourth-order valence-electron chi connectivity index (χ4n) is 4.31. The van der Waals surface area contributed by atoms with Gasteiger partial charge in [-0.2, -0.15) is 0 Å². The molecule has 110 valence electrons. The highest BCUT2D eigenvalue weighted by atomic mass is 15.3. The van der Waals surface area contributed by atoms with Gasteiger partial charge in [0.1, 0.15) is 0 Å². The van der Waals surface area contributed by atoms with Crippen LogP contribution < -0.4 is 5.73 Å². The number of hydrogen-bond acceptors (Lipinski definition) is 3. The van der Waals surface area contributed by atoms with Gasteiger partial charge >= 0.3 is 0 Å². The Balaban J connectivity index is 1.49. The summed E-state index contributed by atoms with van der Waals surface area (Å²) in [6.45, 7) is 5.16. The molecule has 0 aromatic carbocycles. The molecule has 3 heteroatoms. The monoisotopic (exact) mass is 265 g/mol. The van der Waals surface area contributed by atoms with Crippen LogP contribution in [-0.2, 0) is 0 Å². The number of piperidine rings is 1. The van der Waals surface area contributed by atoms with Crippen LogP contribution >= 0.6 is 0 Å². The summed E-state index contributed by atoms with van der Waals surface area (Å²) in [5.41, 5.74) is 6.02. The lowest BCUT2D eigenvalue weighted by Crippen LogP contribution is -2.46. The Labute approximate surface area is 118 Å². The van der Waals surface area contributed by atoms with E-state index in [2.05, 4.69) is 9.80 Å². The van der Waals surface area contributed by atoms with E-state index in [1.807, 2.05) is 0 Å². The molecule has 2 saturated heterocycles. The van der Waals surface area contributed by atoms with E-state index in [0.29, 0.717) is 6.04 Å². The summed E-state index contributed by atoms with van der Waals surface area (Å²) in [6, 6.07) is 2.20. The molecule has 0 bridgehead atoms. The van der Waals surface area contributed by atoms with Crippen LogP contribution in [0.2, 0.25) is 0 Å². The van der Waals surface area contributed by atoms with Crippen LogP contribution in [0.3, 0.4) is 0 Å². The molecule has 2 aliphatic heterocycles. The topological polar surface area (TPSA) is 32.5 Å². The van der Waals surface area contributed by atoms with Gasteiger partial charge in [-0.1, -0.05) is 25.7 Å². The first-order valence-electron chi connectivity index (χ1n) is 8.56. The normalized spacial score (nSPS) is 33.6. The van der Waals surface area contributed by atoms with Gasteiger partial charge in [0.25, 0.3) is 0 Å². The van der Waals surface area contributed by atoms with Crippen molar-refractivity contribution in [3.05, 3.63) is 0 Å². The van der Waals surface area contributed by atoms with Gasteiger partial charge in [0, 0.05) is 31.2 Å². The minimum absolute atomic E-state index is 0.468. The van der Waals surface area contributed by atoms with Crippen molar-refractivity contribution in [3.8, 4) is 0 Å². The molecular formula is C16H31N3. The van der Waals surface area contributed by atoms with Gasteiger partial charge in [-0.05, 0) is 45.2 Å². The molecule has 1 atom stereocenters. The Morgan fingerprint density at radius 1 is 0.632 bits per heavy atom. The largest absolute Gasteiger partial charge is 0.328 e. The molecule has 0 aromatic heterocycles. The number of rotatable bonds is 2. The fourth-order valence-corrected chi connectivity index (χ4v) is 4.31. The summed E-state index contributed by atoms with van der Waals surface area (Å²) in [6.07, 6.45) is 12.6. The maximum Gasteiger partial charge on any atom is 0.0235 e. The van der Waals surface area contributed by atoms with Gasteiger partial charge in [0.05, 0.1) is 0 Å². The van der Waals surface area contributed by atoms with Crippen LogP contribution in [0.4, 0.5) is 0 Å². The van der Waals surface area contributed by atoms with Crippen LogP contribution in [0.5, 0.6) is 0 Å². The van der Waals surface area contributed by atoms with Crippen LogP contribution in [0.15, 0.2) is 0 Å². The van der Waals surface area contributed by atoms with Crippen molar-refractivity contribution in [1.29, 1.82) is 0 Å². The summed E-state index contributed by atoms with van der Waals surface area (Å²) < 4.78 is 0. The molecule has 2 N–H and O–H groups in total. The van der Waals surface area contributed by atoms with E-state index >= 15 is 0 Å². The van der Waals surface area contributed by atoms with Crippen molar-refractivity contribution in [2.75, 3.05) is 26.2 Å². The molecule has 3 nitrogen and oxygen atoms in total. The molecule has 0 radical (unpaired) electrons. The average molecular weight is 265 g/mol. The summed E-state index contributed by atoms with van der Waals surface area (Å²) in [5, 5.41) is 0. The minimum Gasteiger partial charge on any atom is -0.328 e. The smallest absolute Gasteiger partial charge is 0.0235 e. The van der Waals surface area contributed by atoms with Crippen molar-refractivity contribution in [1.82, 2.24) is 9.80 Å². The van der Waals surface area contributed by atoms with E-state index in [9.17, 15) is 0 Å². The van der Waals surface area contributed by atoms with Crippen LogP contribution in [0, 0.1) is 0 Å². The lowest BCUT2D eigenvalue weighted by molar-refractivity contribution is 0.140. The first-order valence-corrected chi connectivity index (χ1v) is 8.56. The second-order valence-corrected chi connectivity index (χ2v) is 6.96. The highest BCUT2D eigenvalue weighted by molar-refractivity contribution is 4.89. The predicted octanol–water partition coefficient (Wildman–Crippen LogP) is 2.21. The van der Waals surface area contributed by atoms with Gasteiger partial charge in [0.15, 0.2) is 0 Å². The van der Waals surface area contributed by atoms with Crippen molar-refractivity contribution in [2.24, 2.45) is 5.73 Å². The highest BCUT2D eigenvalue weighted by Crippen LogP contribution is 2.27. The number of likely N-dealkylation sites (tertiary alicyclic amines) is 2. The quantitative estimate of drug-likeness (QED) is 0.777. The van der Waals surface area contributed by atoms with E-state index in [4.69, 9.17) is 5.73 Å². The zero-order valence-electron chi connectivity index (χ0n) is 12.4. The Kier molecular flexibility index (Phi) is 4.78. The lowest BCUT2D eigenvalue weighted by atomic mass is 10.0. The van der Waals surface area contributed by atoms with Gasteiger partial charge in [0.2, 0.25) is 0 Å². The molecule has 0 spiro atoms. The zero-order valence-corrected chi connectivity index (χ0v) is 12.4. The minimum atomic E-state index is 0.468. The molecular weight excluding hydrogens is 234 g/mol. The Morgan fingerprint density at radius 3 is 1.95 bits per heavy atom. The van der Waals surface area contributed by atoms with E-state index < -0.39 is 0 Å². The highest BCUT2D eigenvalue weighted by Gasteiger charge is 2.32. The third-order valence-corrected chi connectivity index (χ3v) is 5.63. The molecule has 3 aliphatic rings. The molecule has 1 aliphatic carbocycles. The fraction of sp³-hybridized carbons (Fsp3) is 1.00. The first-order chi connectivity index (χ1) is 9.33. The number of nitrogens with zero attached hydrogens (tertiary/aromatic N) is 2. The summed E-state index contributed by atoms with van der Waals surface area (Å²) in [5.74, 6) is 0. The van der Waals surface area contributed by atoms with Crippen molar-refractivity contribution >= 4 is 0 Å². The first kappa shape index (κ1) is 13.8. The van der Waals surface area contributed by atoms with Gasteiger partial charge in [-0.25, -0.2) is 0 Å². The second kappa shape index (κ2) is 6.55. The summed E-state index contributed by atoms with van der Waals surface area (Å²) >= 11 is 0. The molecule has 2 heterocycles. The van der Waals surface area contributed by atoms with E-state index in [-0.39, 0.29) is 0 Å². The molecule has 0 amide bonds. The van der Waals surface area contributed by atoms with Crippen LogP contribution in [0.1, 0.15) is 57.8 Å². The standard InChI is InChI=1S/C16H31N3/c17-14-7-10-18(11-8-14)16-9-12-19(13-16)15-5-3-1-2-4-6-15/h14-16H,1-13,17H2. The number of hydrogen-bond donors (Lipinski definition) is 1. The third kappa shape index (κ3) is 3.50. The Morgan fingerprint density at radius 2 is 1.26 bits per heavy atom. The SMILES string of the molecule is NC1CCN(C2CCN(C3CCCCCC3)C2)CC1. The van der Waals surface area contributed by atoms with Crippen molar-refractivity contribution < 1.29 is 0 Å². The van der Waals surface area contributed by atoms with Crippen molar-refractivity contribution in [2.45, 2.75) is 75.9 Å². The molecule has 19 heavy (non-hydrogen) atoms. The van der Waals surface area contributed by atoms with E-state index in [0.717, 1.165) is 12.1 Å². The lowest BCUT2D eigenvalue weighted by Gasteiger charge is -2.35. The second-order valence-electron chi connectivity index (χ2n) is 6.96. The van der Waals surface area contributed by atoms with E-state index in [1.54, 1.807) is 0 Å². The Hall–Kier alpha value is -0.120. The third-order valence-electron chi connectivity index (χ3n) is 5.63. The predicted molar refractivity (Wildman–Crippen MR) is 80.3 cm³/mol. The molecule has 3 fully saturated rings.